The van der Waals surface area contributed by atoms with Gasteiger partial charge in [0.25, 0.3) is 11.6 Å². The number of hydrogen-bond donors (Lipinski definition) is 1. The van der Waals surface area contributed by atoms with Gasteiger partial charge < -0.3 is 19.3 Å². The van der Waals surface area contributed by atoms with Crippen LogP contribution in [0.4, 0.5) is 5.69 Å². The number of benzene rings is 1. The van der Waals surface area contributed by atoms with Crippen LogP contribution in [0.5, 0.6) is 11.5 Å². The number of carbonyl (C=O) groups excluding carboxylic acids is 1. The van der Waals surface area contributed by atoms with Gasteiger partial charge in [-0.25, -0.2) is 4.98 Å². The number of methoxy groups -OCH3 is 2. The third-order valence-electron chi connectivity index (χ3n) is 4.53. The summed E-state index contributed by atoms with van der Waals surface area (Å²) in [5.74, 6) is 1.14. The Hall–Kier alpha value is -3.09. The van der Waals surface area contributed by atoms with Crippen molar-refractivity contribution in [2.75, 3.05) is 19.5 Å². The molecule has 1 N–H and O–H groups in total. The van der Waals surface area contributed by atoms with E-state index < -0.39 is 0 Å². The van der Waals surface area contributed by atoms with Gasteiger partial charge in [0.1, 0.15) is 0 Å². The highest BCUT2D eigenvalue weighted by molar-refractivity contribution is 6.13. The number of anilines is 1. The molecule has 1 amide bonds. The van der Waals surface area contributed by atoms with Crippen molar-refractivity contribution in [3.63, 3.8) is 0 Å². The molecule has 0 unspecified atom stereocenters. The molecular formula is C19H19N3O4. The number of carbonyl (C=O) groups is 1. The van der Waals surface area contributed by atoms with E-state index in [1.165, 1.54) is 7.11 Å². The smallest absolute Gasteiger partial charge is 0.259 e. The molecule has 7 nitrogen and oxygen atoms in total. The van der Waals surface area contributed by atoms with Crippen LogP contribution in [0.15, 0.2) is 28.8 Å². The van der Waals surface area contributed by atoms with Crippen LogP contribution in [0.2, 0.25) is 0 Å². The van der Waals surface area contributed by atoms with Crippen molar-refractivity contribution in [1.82, 2.24) is 10.1 Å². The molecule has 2 aromatic heterocycles. The van der Waals surface area contributed by atoms with Gasteiger partial charge in [0.2, 0.25) is 0 Å². The number of para-hydroxylation sites is 1. The molecule has 1 aliphatic carbocycles. The minimum absolute atomic E-state index is 0.267. The van der Waals surface area contributed by atoms with Crippen molar-refractivity contribution in [3.8, 4) is 11.5 Å². The Bertz CT molecular complexity index is 992. The second-order valence-electron chi connectivity index (χ2n) is 6.31. The van der Waals surface area contributed by atoms with Crippen LogP contribution >= 0.6 is 0 Å². The molecule has 2 heterocycles. The van der Waals surface area contributed by atoms with Gasteiger partial charge in [-0.05, 0) is 38.0 Å². The van der Waals surface area contributed by atoms with Crippen molar-refractivity contribution >= 4 is 22.7 Å². The minimum atomic E-state index is -0.267. The number of amides is 1. The Morgan fingerprint density at radius 3 is 2.77 bits per heavy atom. The standard InChI is InChI=1S/C19H19N3O4/c1-10-16-12(9-14(11-7-8-11)21-19(16)26-22-10)18(23)20-13-5-4-6-15(24-2)17(13)25-3/h4-6,9,11H,7-8H2,1-3H3,(H,20,23). The Labute approximate surface area is 150 Å². The molecule has 1 aromatic carbocycles. The van der Waals surface area contributed by atoms with Crippen LogP contribution < -0.4 is 14.8 Å². The first kappa shape index (κ1) is 16.4. The number of nitrogens with zero attached hydrogens (tertiary/aromatic N) is 2. The third kappa shape index (κ3) is 2.75. The third-order valence-corrected chi connectivity index (χ3v) is 4.53. The predicted octanol–water partition coefficient (Wildman–Crippen LogP) is 3.68. The molecule has 1 aliphatic rings. The van der Waals surface area contributed by atoms with Crippen molar-refractivity contribution in [3.05, 3.63) is 41.2 Å². The van der Waals surface area contributed by atoms with Gasteiger partial charge in [-0.3, -0.25) is 4.79 Å². The molecule has 0 spiro atoms. The monoisotopic (exact) mass is 353 g/mol. The van der Waals surface area contributed by atoms with Crippen LogP contribution in [0.1, 0.15) is 40.5 Å². The fraction of sp³-hybridized carbons (Fsp3) is 0.316. The van der Waals surface area contributed by atoms with Crippen LogP contribution in [0, 0.1) is 6.92 Å². The van der Waals surface area contributed by atoms with Crippen molar-refractivity contribution < 1.29 is 18.8 Å². The lowest BCUT2D eigenvalue weighted by atomic mass is 10.1. The van der Waals surface area contributed by atoms with Gasteiger partial charge in [-0.15, -0.1) is 0 Å². The molecule has 134 valence electrons. The number of aromatic nitrogens is 2. The maximum atomic E-state index is 13.0. The average Bonchev–Trinajstić information content (AvgIpc) is 3.44. The largest absolute Gasteiger partial charge is 0.493 e. The SMILES string of the molecule is COc1cccc(NC(=O)c2cc(C3CC3)nc3onc(C)c23)c1OC. The summed E-state index contributed by atoms with van der Waals surface area (Å²) in [7, 11) is 3.09. The molecule has 0 bridgehead atoms. The Kier molecular flexibility index (Phi) is 3.99. The maximum absolute atomic E-state index is 13.0. The first-order valence-electron chi connectivity index (χ1n) is 8.41. The number of hydrogen-bond acceptors (Lipinski definition) is 6. The predicted molar refractivity (Wildman–Crippen MR) is 96.0 cm³/mol. The highest BCUT2D eigenvalue weighted by atomic mass is 16.5. The summed E-state index contributed by atoms with van der Waals surface area (Å²) in [5, 5.41) is 7.51. The summed E-state index contributed by atoms with van der Waals surface area (Å²) in [4.78, 5) is 17.6. The lowest BCUT2D eigenvalue weighted by molar-refractivity contribution is 0.102. The zero-order valence-electron chi connectivity index (χ0n) is 14.8. The zero-order chi connectivity index (χ0) is 18.3. The zero-order valence-corrected chi connectivity index (χ0v) is 14.8. The van der Waals surface area contributed by atoms with Gasteiger partial charge in [-0.1, -0.05) is 11.2 Å². The number of rotatable bonds is 5. The van der Waals surface area contributed by atoms with E-state index in [1.54, 1.807) is 32.2 Å². The quantitative estimate of drug-likeness (QED) is 0.753. The lowest BCUT2D eigenvalue weighted by Crippen LogP contribution is -2.14. The van der Waals surface area contributed by atoms with Crippen LogP contribution in [0.3, 0.4) is 0 Å². The number of nitrogens with one attached hydrogen (secondary N) is 1. The van der Waals surface area contributed by atoms with E-state index in [2.05, 4.69) is 15.5 Å². The van der Waals surface area contributed by atoms with E-state index in [9.17, 15) is 4.79 Å². The Balaban J connectivity index is 1.76. The van der Waals surface area contributed by atoms with E-state index in [1.807, 2.05) is 6.07 Å². The molecule has 0 atom stereocenters. The molecular weight excluding hydrogens is 334 g/mol. The molecule has 7 heteroatoms. The van der Waals surface area contributed by atoms with Gasteiger partial charge in [0, 0.05) is 11.6 Å². The van der Waals surface area contributed by atoms with Crippen LogP contribution in [-0.4, -0.2) is 30.3 Å². The Morgan fingerprint density at radius 1 is 1.27 bits per heavy atom. The number of aryl methyl sites for hydroxylation is 1. The Morgan fingerprint density at radius 2 is 2.08 bits per heavy atom. The van der Waals surface area contributed by atoms with E-state index in [4.69, 9.17) is 14.0 Å². The highest BCUT2D eigenvalue weighted by Crippen LogP contribution is 2.41. The summed E-state index contributed by atoms with van der Waals surface area (Å²) in [6.07, 6.45) is 2.16. The second-order valence-corrected chi connectivity index (χ2v) is 6.31. The summed E-state index contributed by atoms with van der Waals surface area (Å²) < 4.78 is 16.0. The fourth-order valence-electron chi connectivity index (χ4n) is 3.06. The first-order chi connectivity index (χ1) is 12.6. The van der Waals surface area contributed by atoms with Gasteiger partial charge >= 0.3 is 0 Å². The highest BCUT2D eigenvalue weighted by Gasteiger charge is 2.29. The summed E-state index contributed by atoms with van der Waals surface area (Å²) >= 11 is 0. The molecule has 26 heavy (non-hydrogen) atoms. The van der Waals surface area contributed by atoms with E-state index in [-0.39, 0.29) is 5.91 Å². The summed E-state index contributed by atoms with van der Waals surface area (Å²) in [6, 6.07) is 7.17. The van der Waals surface area contributed by atoms with Crippen LogP contribution in [0.25, 0.3) is 11.1 Å². The van der Waals surface area contributed by atoms with Crippen molar-refractivity contribution in [2.45, 2.75) is 25.7 Å². The summed E-state index contributed by atoms with van der Waals surface area (Å²) in [5.41, 5.74) is 2.94. The number of pyridine rings is 1. The van der Waals surface area contributed by atoms with Crippen molar-refractivity contribution in [1.29, 1.82) is 0 Å². The van der Waals surface area contributed by atoms with E-state index >= 15 is 0 Å². The van der Waals surface area contributed by atoms with E-state index in [0.717, 1.165) is 18.5 Å². The van der Waals surface area contributed by atoms with E-state index in [0.29, 0.717) is 45.5 Å². The molecule has 0 radical (unpaired) electrons. The van der Waals surface area contributed by atoms with Gasteiger partial charge in [0.05, 0.1) is 36.6 Å². The lowest BCUT2D eigenvalue weighted by Gasteiger charge is -2.14. The average molecular weight is 353 g/mol. The minimum Gasteiger partial charge on any atom is -0.493 e. The van der Waals surface area contributed by atoms with Crippen LogP contribution in [-0.2, 0) is 0 Å². The number of ether oxygens (including phenoxy) is 2. The molecule has 0 aliphatic heterocycles. The first-order valence-corrected chi connectivity index (χ1v) is 8.41. The fourth-order valence-corrected chi connectivity index (χ4v) is 3.06. The second kappa shape index (κ2) is 6.33. The topological polar surface area (TPSA) is 86.5 Å². The normalized spacial score (nSPS) is 13.7. The van der Waals surface area contributed by atoms with Gasteiger partial charge in [-0.2, -0.15) is 0 Å². The molecule has 3 aromatic rings. The maximum Gasteiger partial charge on any atom is 0.259 e. The molecule has 4 rings (SSSR count). The number of fused-ring (bicyclic) bond motifs is 1. The summed E-state index contributed by atoms with van der Waals surface area (Å²) in [6.45, 7) is 1.80. The van der Waals surface area contributed by atoms with Crippen molar-refractivity contribution in [2.24, 2.45) is 0 Å². The van der Waals surface area contributed by atoms with Gasteiger partial charge in [0.15, 0.2) is 11.5 Å². The molecule has 1 saturated carbocycles. The molecule has 1 fully saturated rings. The molecule has 0 saturated heterocycles.